The molecule has 2 aromatic rings. The smallest absolute Gasteiger partial charge is 0.165 e. The van der Waals surface area contributed by atoms with Crippen molar-refractivity contribution in [2.75, 3.05) is 13.2 Å². The normalized spacial score (nSPS) is 10.5. The predicted molar refractivity (Wildman–Crippen MR) is 73.8 cm³/mol. The first-order valence-electron chi connectivity index (χ1n) is 6.31. The number of ether oxygens (including phenoxy) is 1. The highest BCUT2D eigenvalue weighted by atomic mass is 19.1. The van der Waals surface area contributed by atoms with Crippen molar-refractivity contribution >= 4 is 0 Å². The Hall–Kier alpha value is -1.87. The van der Waals surface area contributed by atoms with E-state index < -0.39 is 0 Å². The van der Waals surface area contributed by atoms with Gasteiger partial charge in [-0.1, -0.05) is 35.9 Å². The molecule has 3 heteroatoms. The van der Waals surface area contributed by atoms with Crippen LogP contribution in [0.1, 0.15) is 12.0 Å². The van der Waals surface area contributed by atoms with Gasteiger partial charge in [0.05, 0.1) is 6.61 Å². The van der Waals surface area contributed by atoms with E-state index in [9.17, 15) is 4.39 Å². The monoisotopic (exact) mass is 260 g/mol. The van der Waals surface area contributed by atoms with Gasteiger partial charge in [-0.15, -0.1) is 0 Å². The summed E-state index contributed by atoms with van der Waals surface area (Å²) in [6.07, 6.45) is 0.499. The second-order valence-corrected chi connectivity index (χ2v) is 4.44. The molecule has 0 amide bonds. The van der Waals surface area contributed by atoms with Crippen molar-refractivity contribution < 1.29 is 14.2 Å². The Balaban J connectivity index is 2.19. The molecular formula is C16H17FO2. The first kappa shape index (κ1) is 13.6. The quantitative estimate of drug-likeness (QED) is 0.833. The lowest BCUT2D eigenvalue weighted by molar-refractivity contribution is 0.228. The molecule has 0 aromatic heterocycles. The summed E-state index contributed by atoms with van der Waals surface area (Å²) in [6, 6.07) is 12.9. The summed E-state index contributed by atoms with van der Waals surface area (Å²) in [4.78, 5) is 0. The van der Waals surface area contributed by atoms with Crippen LogP contribution >= 0.6 is 0 Å². The Kier molecular flexibility index (Phi) is 4.53. The summed E-state index contributed by atoms with van der Waals surface area (Å²) in [5.41, 5.74) is 2.96. The Morgan fingerprint density at radius 2 is 1.89 bits per heavy atom. The van der Waals surface area contributed by atoms with Gasteiger partial charge in [-0.05, 0) is 30.2 Å². The number of rotatable bonds is 5. The van der Waals surface area contributed by atoms with E-state index in [1.165, 1.54) is 6.07 Å². The van der Waals surface area contributed by atoms with Gasteiger partial charge >= 0.3 is 0 Å². The number of halogens is 1. The van der Waals surface area contributed by atoms with Crippen molar-refractivity contribution in [2.45, 2.75) is 13.3 Å². The zero-order chi connectivity index (χ0) is 13.7. The van der Waals surface area contributed by atoms with Crippen LogP contribution in [0.5, 0.6) is 5.75 Å². The molecule has 0 saturated heterocycles. The molecule has 2 rings (SSSR count). The number of aryl methyl sites for hydroxylation is 1. The van der Waals surface area contributed by atoms with Gasteiger partial charge in [0.15, 0.2) is 11.6 Å². The van der Waals surface area contributed by atoms with Gasteiger partial charge < -0.3 is 9.84 Å². The van der Waals surface area contributed by atoms with Gasteiger partial charge in [0, 0.05) is 13.0 Å². The van der Waals surface area contributed by atoms with E-state index in [0.29, 0.717) is 13.0 Å². The third-order valence-corrected chi connectivity index (χ3v) is 2.84. The van der Waals surface area contributed by atoms with Crippen LogP contribution in [0.2, 0.25) is 0 Å². The molecule has 0 heterocycles. The second-order valence-electron chi connectivity index (χ2n) is 4.44. The molecule has 0 fully saturated rings. The minimum absolute atomic E-state index is 0.0446. The van der Waals surface area contributed by atoms with E-state index in [1.807, 2.05) is 37.3 Å². The molecule has 19 heavy (non-hydrogen) atoms. The van der Waals surface area contributed by atoms with Crippen molar-refractivity contribution in [1.82, 2.24) is 0 Å². The number of benzene rings is 2. The number of aliphatic hydroxyl groups is 1. The molecule has 1 N–H and O–H groups in total. The molecule has 0 atom stereocenters. The van der Waals surface area contributed by atoms with Gasteiger partial charge in [-0.2, -0.15) is 0 Å². The summed E-state index contributed by atoms with van der Waals surface area (Å²) in [5, 5.41) is 8.66. The Labute approximate surface area is 112 Å². The molecule has 0 saturated carbocycles. The average Bonchev–Trinajstić information content (AvgIpc) is 2.41. The van der Waals surface area contributed by atoms with Gasteiger partial charge in [0.25, 0.3) is 0 Å². The van der Waals surface area contributed by atoms with Crippen molar-refractivity contribution in [3.05, 3.63) is 53.8 Å². The van der Waals surface area contributed by atoms with Crippen molar-refractivity contribution in [3.8, 4) is 16.9 Å². The second kappa shape index (κ2) is 6.34. The zero-order valence-corrected chi connectivity index (χ0v) is 10.9. The van der Waals surface area contributed by atoms with Crippen molar-refractivity contribution in [1.29, 1.82) is 0 Å². The molecule has 100 valence electrons. The zero-order valence-electron chi connectivity index (χ0n) is 10.9. The number of hydrogen-bond acceptors (Lipinski definition) is 2. The summed E-state index contributed by atoms with van der Waals surface area (Å²) < 4.78 is 19.1. The SMILES string of the molecule is Cc1cccc(-c2ccc(OCCCO)c(F)c2)c1. The van der Waals surface area contributed by atoms with E-state index in [1.54, 1.807) is 6.07 Å². The first-order valence-corrected chi connectivity index (χ1v) is 6.31. The third-order valence-electron chi connectivity index (χ3n) is 2.84. The fourth-order valence-electron chi connectivity index (χ4n) is 1.87. The van der Waals surface area contributed by atoms with E-state index in [2.05, 4.69) is 0 Å². The summed E-state index contributed by atoms with van der Waals surface area (Å²) in [5.74, 6) is -0.151. The summed E-state index contributed by atoms with van der Waals surface area (Å²) in [6.45, 7) is 2.37. The highest BCUT2D eigenvalue weighted by Gasteiger charge is 2.06. The van der Waals surface area contributed by atoms with E-state index in [4.69, 9.17) is 9.84 Å². The fourth-order valence-corrected chi connectivity index (χ4v) is 1.87. The molecule has 2 nitrogen and oxygen atoms in total. The van der Waals surface area contributed by atoms with Gasteiger partial charge in [-0.3, -0.25) is 0 Å². The lowest BCUT2D eigenvalue weighted by atomic mass is 10.0. The maximum Gasteiger partial charge on any atom is 0.165 e. The molecular weight excluding hydrogens is 243 g/mol. The first-order chi connectivity index (χ1) is 9.20. The molecule has 0 aliphatic carbocycles. The van der Waals surface area contributed by atoms with Crippen molar-refractivity contribution in [2.24, 2.45) is 0 Å². The molecule has 0 spiro atoms. The fraction of sp³-hybridized carbons (Fsp3) is 0.250. The van der Waals surface area contributed by atoms with Crippen LogP contribution in [0.25, 0.3) is 11.1 Å². The maximum atomic E-state index is 13.9. The van der Waals surface area contributed by atoms with Crippen LogP contribution in [0.3, 0.4) is 0 Å². The van der Waals surface area contributed by atoms with Crippen LogP contribution in [0.4, 0.5) is 4.39 Å². The maximum absolute atomic E-state index is 13.9. The van der Waals surface area contributed by atoms with Gasteiger partial charge in [-0.25, -0.2) is 4.39 Å². The molecule has 0 aliphatic heterocycles. The van der Waals surface area contributed by atoms with Gasteiger partial charge in [0.2, 0.25) is 0 Å². The minimum atomic E-state index is -0.378. The average molecular weight is 260 g/mol. The largest absolute Gasteiger partial charge is 0.490 e. The van der Waals surface area contributed by atoms with Crippen LogP contribution in [-0.2, 0) is 0 Å². The highest BCUT2D eigenvalue weighted by molar-refractivity contribution is 5.65. The van der Waals surface area contributed by atoms with Gasteiger partial charge in [0.1, 0.15) is 0 Å². The molecule has 0 unspecified atom stereocenters. The Morgan fingerprint density at radius 3 is 2.58 bits per heavy atom. The lowest BCUT2D eigenvalue weighted by Gasteiger charge is -2.08. The van der Waals surface area contributed by atoms with Crippen LogP contribution < -0.4 is 4.74 Å². The summed E-state index contributed by atoms with van der Waals surface area (Å²) >= 11 is 0. The summed E-state index contributed by atoms with van der Waals surface area (Å²) in [7, 11) is 0. The third kappa shape index (κ3) is 3.55. The van der Waals surface area contributed by atoms with Crippen molar-refractivity contribution in [3.63, 3.8) is 0 Å². The lowest BCUT2D eigenvalue weighted by Crippen LogP contribution is -2.01. The van der Waals surface area contributed by atoms with E-state index >= 15 is 0 Å². The Bertz CT molecular complexity index is 552. The molecule has 0 bridgehead atoms. The Morgan fingerprint density at radius 1 is 1.11 bits per heavy atom. The van der Waals surface area contributed by atoms with Crippen LogP contribution in [0, 0.1) is 12.7 Å². The minimum Gasteiger partial charge on any atom is -0.490 e. The predicted octanol–water partition coefficient (Wildman–Crippen LogP) is 3.56. The van der Waals surface area contributed by atoms with E-state index in [-0.39, 0.29) is 18.2 Å². The standard InChI is InChI=1S/C16H17FO2/c1-12-4-2-5-13(10-12)14-6-7-16(15(17)11-14)19-9-3-8-18/h2,4-7,10-11,18H,3,8-9H2,1H3. The van der Waals surface area contributed by atoms with E-state index in [0.717, 1.165) is 16.7 Å². The number of aliphatic hydroxyl groups excluding tert-OH is 1. The highest BCUT2D eigenvalue weighted by Crippen LogP contribution is 2.26. The van der Waals surface area contributed by atoms with Crippen LogP contribution in [0.15, 0.2) is 42.5 Å². The number of hydrogen-bond donors (Lipinski definition) is 1. The topological polar surface area (TPSA) is 29.5 Å². The molecule has 0 radical (unpaired) electrons. The molecule has 0 aliphatic rings. The molecule has 2 aromatic carbocycles. The van der Waals surface area contributed by atoms with Crippen LogP contribution in [-0.4, -0.2) is 18.3 Å².